The predicted octanol–water partition coefficient (Wildman–Crippen LogP) is 3.76. The van der Waals surface area contributed by atoms with E-state index in [4.69, 9.17) is 4.74 Å². The number of nitrogens with one attached hydrogen (secondary N) is 1. The van der Waals surface area contributed by atoms with Gasteiger partial charge in [0.05, 0.1) is 16.8 Å². The van der Waals surface area contributed by atoms with Crippen molar-refractivity contribution in [2.45, 2.75) is 13.5 Å². The van der Waals surface area contributed by atoms with Gasteiger partial charge >= 0.3 is 0 Å². The number of aromatic nitrogens is 1. The summed E-state index contributed by atoms with van der Waals surface area (Å²) < 4.78 is 6.48. The van der Waals surface area contributed by atoms with Gasteiger partial charge in [-0.15, -0.1) is 0 Å². The van der Waals surface area contributed by atoms with Crippen LogP contribution in [0.5, 0.6) is 0 Å². The Balaban J connectivity index is 1.54. The Labute approximate surface area is 132 Å². The van der Waals surface area contributed by atoms with E-state index in [9.17, 15) is 4.79 Å². The smallest absolute Gasteiger partial charge is 0.252 e. The van der Waals surface area contributed by atoms with Gasteiger partial charge in [-0.2, -0.15) is 0 Å². The van der Waals surface area contributed by atoms with Crippen molar-refractivity contribution >= 4 is 32.6 Å². The van der Waals surface area contributed by atoms with Gasteiger partial charge in [0.1, 0.15) is 6.61 Å². The fourth-order valence-corrected chi connectivity index (χ4v) is 3.06. The molecule has 5 heteroatoms. The lowest BCUT2D eigenvalue weighted by Gasteiger charge is -2.04. The molecule has 1 amide bonds. The van der Waals surface area contributed by atoms with Gasteiger partial charge in [-0.1, -0.05) is 47.7 Å². The van der Waals surface area contributed by atoms with Crippen LogP contribution < -0.4 is 5.32 Å². The summed E-state index contributed by atoms with van der Waals surface area (Å²) in [5.41, 5.74) is 3.13. The minimum Gasteiger partial charge on any atom is -0.367 e. The first-order chi connectivity index (χ1) is 10.7. The third kappa shape index (κ3) is 3.69. The molecule has 0 saturated carbocycles. The minimum atomic E-state index is -0.188. The number of carbonyl (C=O) groups excluding carboxylic acids is 1. The Morgan fingerprint density at radius 1 is 1.23 bits per heavy atom. The maximum atomic E-state index is 11.9. The number of thiazole rings is 1. The van der Waals surface area contributed by atoms with Gasteiger partial charge in [-0.25, -0.2) is 4.98 Å². The highest BCUT2D eigenvalue weighted by atomic mass is 32.1. The average Bonchev–Trinajstić information content (AvgIpc) is 2.89. The van der Waals surface area contributed by atoms with Crippen LogP contribution in [-0.2, 0) is 16.1 Å². The van der Waals surface area contributed by atoms with Crippen LogP contribution in [0.3, 0.4) is 0 Å². The van der Waals surface area contributed by atoms with E-state index < -0.39 is 0 Å². The van der Waals surface area contributed by atoms with E-state index in [0.29, 0.717) is 11.7 Å². The molecule has 2 aromatic carbocycles. The van der Waals surface area contributed by atoms with E-state index in [0.717, 1.165) is 15.8 Å². The third-order valence-electron chi connectivity index (χ3n) is 3.14. The first kappa shape index (κ1) is 14.7. The molecule has 0 radical (unpaired) electrons. The average molecular weight is 312 g/mol. The van der Waals surface area contributed by atoms with E-state index in [1.807, 2.05) is 49.4 Å². The Hall–Kier alpha value is -2.24. The second-order valence-electron chi connectivity index (χ2n) is 5.02. The third-order valence-corrected chi connectivity index (χ3v) is 4.07. The van der Waals surface area contributed by atoms with Crippen molar-refractivity contribution in [2.75, 3.05) is 11.9 Å². The molecule has 0 atom stereocenters. The Morgan fingerprint density at radius 3 is 2.86 bits per heavy atom. The molecule has 1 aromatic heterocycles. The summed E-state index contributed by atoms with van der Waals surface area (Å²) in [6, 6.07) is 15.8. The van der Waals surface area contributed by atoms with E-state index in [2.05, 4.69) is 16.4 Å². The molecule has 1 heterocycles. The van der Waals surface area contributed by atoms with Crippen molar-refractivity contribution in [3.63, 3.8) is 0 Å². The molecule has 0 aliphatic heterocycles. The van der Waals surface area contributed by atoms with Crippen LogP contribution in [0.2, 0.25) is 0 Å². The zero-order valence-corrected chi connectivity index (χ0v) is 13.0. The number of anilines is 1. The predicted molar refractivity (Wildman–Crippen MR) is 89.1 cm³/mol. The number of carbonyl (C=O) groups is 1. The van der Waals surface area contributed by atoms with Crippen LogP contribution in [0.25, 0.3) is 10.2 Å². The van der Waals surface area contributed by atoms with Crippen molar-refractivity contribution in [3.05, 3.63) is 59.7 Å². The fraction of sp³-hybridized carbons (Fsp3) is 0.176. The molecule has 0 aliphatic rings. The largest absolute Gasteiger partial charge is 0.367 e. The fourth-order valence-electron chi connectivity index (χ4n) is 2.08. The number of rotatable bonds is 5. The molecule has 0 unspecified atom stereocenters. The van der Waals surface area contributed by atoms with Crippen LogP contribution >= 0.6 is 11.3 Å². The van der Waals surface area contributed by atoms with Crippen LogP contribution in [-0.4, -0.2) is 17.5 Å². The molecule has 112 valence electrons. The Kier molecular flexibility index (Phi) is 4.46. The van der Waals surface area contributed by atoms with E-state index in [1.165, 1.54) is 16.9 Å². The van der Waals surface area contributed by atoms with E-state index in [1.54, 1.807) is 0 Å². The van der Waals surface area contributed by atoms with Crippen LogP contribution in [0.4, 0.5) is 5.13 Å². The number of fused-ring (bicyclic) bond motifs is 1. The number of nitrogens with zero attached hydrogens (tertiary/aromatic N) is 1. The molecule has 3 aromatic rings. The van der Waals surface area contributed by atoms with Gasteiger partial charge in [-0.05, 0) is 30.2 Å². The SMILES string of the molecule is Cc1ccc2nc(NC(=O)COCc3ccccc3)sc2c1. The van der Waals surface area contributed by atoms with Gasteiger partial charge in [-0.3, -0.25) is 10.1 Å². The van der Waals surface area contributed by atoms with Gasteiger partial charge in [0.15, 0.2) is 5.13 Å². The first-order valence-electron chi connectivity index (χ1n) is 6.99. The van der Waals surface area contributed by atoms with Crippen molar-refractivity contribution in [3.8, 4) is 0 Å². The van der Waals surface area contributed by atoms with Crippen molar-refractivity contribution < 1.29 is 9.53 Å². The molecule has 0 aliphatic carbocycles. The van der Waals surface area contributed by atoms with Gasteiger partial charge < -0.3 is 4.74 Å². The summed E-state index contributed by atoms with van der Waals surface area (Å²) >= 11 is 1.47. The monoisotopic (exact) mass is 312 g/mol. The summed E-state index contributed by atoms with van der Waals surface area (Å²) in [6.45, 7) is 2.48. The van der Waals surface area contributed by atoms with E-state index in [-0.39, 0.29) is 12.5 Å². The number of benzene rings is 2. The molecule has 1 N–H and O–H groups in total. The second-order valence-corrected chi connectivity index (χ2v) is 6.05. The number of ether oxygens (including phenoxy) is 1. The highest BCUT2D eigenvalue weighted by molar-refractivity contribution is 7.22. The summed E-state index contributed by atoms with van der Waals surface area (Å²) in [5, 5.41) is 3.39. The molecule has 4 nitrogen and oxygen atoms in total. The molecule has 22 heavy (non-hydrogen) atoms. The lowest BCUT2D eigenvalue weighted by molar-refractivity contribution is -0.121. The maximum Gasteiger partial charge on any atom is 0.252 e. The molecule has 0 fully saturated rings. The lowest BCUT2D eigenvalue weighted by Crippen LogP contribution is -2.18. The zero-order valence-electron chi connectivity index (χ0n) is 12.2. The quantitative estimate of drug-likeness (QED) is 0.780. The minimum absolute atomic E-state index is 0.0177. The molecule has 0 saturated heterocycles. The topological polar surface area (TPSA) is 51.2 Å². The molecule has 3 rings (SSSR count). The van der Waals surface area contributed by atoms with Crippen molar-refractivity contribution in [2.24, 2.45) is 0 Å². The van der Waals surface area contributed by atoms with Gasteiger partial charge in [0.25, 0.3) is 5.91 Å². The highest BCUT2D eigenvalue weighted by Crippen LogP contribution is 2.26. The van der Waals surface area contributed by atoms with Crippen molar-refractivity contribution in [1.29, 1.82) is 0 Å². The van der Waals surface area contributed by atoms with Crippen LogP contribution in [0.1, 0.15) is 11.1 Å². The molecular weight excluding hydrogens is 296 g/mol. The van der Waals surface area contributed by atoms with Gasteiger partial charge in [0, 0.05) is 0 Å². The summed E-state index contributed by atoms with van der Waals surface area (Å²) in [7, 11) is 0. The number of hydrogen-bond donors (Lipinski definition) is 1. The Morgan fingerprint density at radius 2 is 2.05 bits per heavy atom. The van der Waals surface area contributed by atoms with Crippen LogP contribution in [0, 0.1) is 6.92 Å². The van der Waals surface area contributed by atoms with Gasteiger partial charge in [0.2, 0.25) is 0 Å². The zero-order chi connectivity index (χ0) is 15.4. The summed E-state index contributed by atoms with van der Waals surface area (Å²) in [4.78, 5) is 16.3. The summed E-state index contributed by atoms with van der Waals surface area (Å²) in [6.07, 6.45) is 0. The highest BCUT2D eigenvalue weighted by Gasteiger charge is 2.08. The molecular formula is C17H16N2O2S. The summed E-state index contributed by atoms with van der Waals surface area (Å²) in [5.74, 6) is -0.188. The first-order valence-corrected chi connectivity index (χ1v) is 7.81. The normalized spacial score (nSPS) is 10.8. The number of aryl methyl sites for hydroxylation is 1. The van der Waals surface area contributed by atoms with Crippen LogP contribution in [0.15, 0.2) is 48.5 Å². The number of hydrogen-bond acceptors (Lipinski definition) is 4. The number of amides is 1. The van der Waals surface area contributed by atoms with E-state index >= 15 is 0 Å². The Bertz CT molecular complexity index is 784. The van der Waals surface area contributed by atoms with Crippen molar-refractivity contribution in [1.82, 2.24) is 4.98 Å². The molecule has 0 bridgehead atoms. The molecule has 0 spiro atoms. The maximum absolute atomic E-state index is 11.9. The standard InChI is InChI=1S/C17H16N2O2S/c1-12-7-8-14-15(9-12)22-17(18-14)19-16(20)11-21-10-13-5-3-2-4-6-13/h2-9H,10-11H2,1H3,(H,18,19,20). The lowest BCUT2D eigenvalue weighted by atomic mass is 10.2. The second kappa shape index (κ2) is 6.68.